The molecule has 0 heterocycles. The molecule has 0 saturated carbocycles. The van der Waals surface area contributed by atoms with Crippen LogP contribution in [-0.4, -0.2) is 4.92 Å². The minimum Gasteiger partial charge on any atom is -0.376 e. The van der Waals surface area contributed by atoms with Crippen molar-refractivity contribution in [1.29, 1.82) is 0 Å². The number of para-hydroxylation sites is 1. The summed E-state index contributed by atoms with van der Waals surface area (Å²) in [5.74, 6) is -0.374. The number of rotatable bonds is 4. The maximum atomic E-state index is 13.7. The monoisotopic (exact) mass is 274 g/mol. The molecule has 4 nitrogen and oxygen atoms in total. The number of aryl methyl sites for hydroxylation is 1. The molecule has 20 heavy (non-hydrogen) atoms. The molecule has 1 atom stereocenters. The van der Waals surface area contributed by atoms with Crippen LogP contribution in [-0.2, 0) is 0 Å². The second-order valence-electron chi connectivity index (χ2n) is 4.67. The number of halogens is 1. The van der Waals surface area contributed by atoms with Crippen molar-refractivity contribution in [3.05, 3.63) is 69.5 Å². The van der Waals surface area contributed by atoms with Crippen molar-refractivity contribution in [3.63, 3.8) is 0 Å². The maximum absolute atomic E-state index is 13.7. The molecular weight excluding hydrogens is 259 g/mol. The van der Waals surface area contributed by atoms with E-state index in [-0.39, 0.29) is 17.5 Å². The minimum atomic E-state index is -0.430. The summed E-state index contributed by atoms with van der Waals surface area (Å²) in [5, 5.41) is 14.0. The van der Waals surface area contributed by atoms with Gasteiger partial charge >= 0.3 is 0 Å². The van der Waals surface area contributed by atoms with Crippen LogP contribution in [0.3, 0.4) is 0 Å². The standard InChI is InChI=1S/C15H15FN2O2/c1-10-7-8-13(16)14(9-10)17-11(2)12-5-3-4-6-15(12)18(19)20/h3-9,11,17H,1-2H3. The molecule has 1 N–H and O–H groups in total. The number of hydrogen-bond acceptors (Lipinski definition) is 3. The van der Waals surface area contributed by atoms with Gasteiger partial charge < -0.3 is 5.32 Å². The van der Waals surface area contributed by atoms with Crippen molar-refractivity contribution >= 4 is 11.4 Å². The lowest BCUT2D eigenvalue weighted by Gasteiger charge is -2.16. The highest BCUT2D eigenvalue weighted by molar-refractivity contribution is 5.51. The normalized spacial score (nSPS) is 11.9. The summed E-state index contributed by atoms with van der Waals surface area (Å²) in [7, 11) is 0. The Morgan fingerprint density at radius 3 is 2.65 bits per heavy atom. The lowest BCUT2D eigenvalue weighted by molar-refractivity contribution is -0.385. The molecule has 0 radical (unpaired) electrons. The van der Waals surface area contributed by atoms with E-state index < -0.39 is 4.92 Å². The number of benzene rings is 2. The maximum Gasteiger partial charge on any atom is 0.274 e. The number of nitrogens with zero attached hydrogens (tertiary/aromatic N) is 1. The van der Waals surface area contributed by atoms with Gasteiger partial charge in [-0.05, 0) is 31.5 Å². The molecular formula is C15H15FN2O2. The van der Waals surface area contributed by atoms with Crippen molar-refractivity contribution in [3.8, 4) is 0 Å². The minimum absolute atomic E-state index is 0.0283. The van der Waals surface area contributed by atoms with Gasteiger partial charge in [0.2, 0.25) is 0 Å². The molecule has 2 aromatic rings. The van der Waals surface area contributed by atoms with E-state index in [1.165, 1.54) is 12.1 Å². The average Bonchev–Trinajstić information content (AvgIpc) is 2.42. The van der Waals surface area contributed by atoms with Crippen molar-refractivity contribution < 1.29 is 9.31 Å². The summed E-state index contributed by atoms with van der Waals surface area (Å²) < 4.78 is 13.7. The molecule has 0 fully saturated rings. The van der Waals surface area contributed by atoms with E-state index in [9.17, 15) is 14.5 Å². The third-order valence-corrected chi connectivity index (χ3v) is 3.09. The predicted molar refractivity (Wildman–Crippen MR) is 76.3 cm³/mol. The molecule has 0 aliphatic heterocycles. The van der Waals surface area contributed by atoms with Crippen LogP contribution in [0.25, 0.3) is 0 Å². The Bertz CT molecular complexity index is 644. The van der Waals surface area contributed by atoms with E-state index in [2.05, 4.69) is 5.32 Å². The third kappa shape index (κ3) is 2.93. The van der Waals surface area contributed by atoms with Crippen molar-refractivity contribution in [2.75, 3.05) is 5.32 Å². The molecule has 0 saturated heterocycles. The highest BCUT2D eigenvalue weighted by atomic mass is 19.1. The van der Waals surface area contributed by atoms with Crippen molar-refractivity contribution in [2.45, 2.75) is 19.9 Å². The zero-order valence-electron chi connectivity index (χ0n) is 11.3. The van der Waals surface area contributed by atoms with E-state index in [4.69, 9.17) is 0 Å². The first-order valence-electron chi connectivity index (χ1n) is 6.25. The average molecular weight is 274 g/mol. The fraction of sp³-hybridized carbons (Fsp3) is 0.200. The van der Waals surface area contributed by atoms with Crippen LogP contribution in [0.15, 0.2) is 42.5 Å². The molecule has 0 aromatic heterocycles. The largest absolute Gasteiger partial charge is 0.376 e. The zero-order valence-corrected chi connectivity index (χ0v) is 11.3. The van der Waals surface area contributed by atoms with Gasteiger partial charge in [0.1, 0.15) is 5.82 Å². The van der Waals surface area contributed by atoms with Gasteiger partial charge in [-0.3, -0.25) is 10.1 Å². The quantitative estimate of drug-likeness (QED) is 0.671. The number of nitro benzene ring substituents is 1. The van der Waals surface area contributed by atoms with E-state index in [0.29, 0.717) is 11.3 Å². The number of anilines is 1. The molecule has 2 aromatic carbocycles. The van der Waals surface area contributed by atoms with Crippen molar-refractivity contribution in [1.82, 2.24) is 0 Å². The summed E-state index contributed by atoms with van der Waals surface area (Å²) in [5.41, 5.74) is 1.82. The van der Waals surface area contributed by atoms with Gasteiger partial charge in [-0.1, -0.05) is 24.3 Å². The van der Waals surface area contributed by atoms with Crippen LogP contribution in [0.4, 0.5) is 15.8 Å². The number of hydrogen-bond donors (Lipinski definition) is 1. The summed E-state index contributed by atoms with van der Waals surface area (Å²) in [6.45, 7) is 3.63. The highest BCUT2D eigenvalue weighted by Gasteiger charge is 2.18. The van der Waals surface area contributed by atoms with E-state index in [1.54, 1.807) is 37.3 Å². The van der Waals surface area contributed by atoms with Crippen LogP contribution in [0.5, 0.6) is 0 Å². The summed E-state index contributed by atoms with van der Waals surface area (Å²) >= 11 is 0. The first-order valence-corrected chi connectivity index (χ1v) is 6.25. The van der Waals surface area contributed by atoms with Gasteiger partial charge in [0.25, 0.3) is 5.69 Å². The van der Waals surface area contributed by atoms with E-state index in [1.807, 2.05) is 6.92 Å². The Labute approximate surface area is 116 Å². The Balaban J connectivity index is 2.31. The summed E-state index contributed by atoms with van der Waals surface area (Å²) in [4.78, 5) is 10.6. The van der Waals surface area contributed by atoms with Crippen LogP contribution >= 0.6 is 0 Å². The van der Waals surface area contributed by atoms with Gasteiger partial charge in [-0.15, -0.1) is 0 Å². The lowest BCUT2D eigenvalue weighted by Crippen LogP contribution is -2.10. The second-order valence-corrected chi connectivity index (χ2v) is 4.67. The number of nitrogens with one attached hydrogen (secondary N) is 1. The van der Waals surface area contributed by atoms with Crippen molar-refractivity contribution in [2.24, 2.45) is 0 Å². The fourth-order valence-electron chi connectivity index (χ4n) is 2.08. The molecule has 1 unspecified atom stereocenters. The van der Waals surface area contributed by atoms with Crippen LogP contribution < -0.4 is 5.32 Å². The van der Waals surface area contributed by atoms with Gasteiger partial charge in [0.15, 0.2) is 0 Å². The zero-order chi connectivity index (χ0) is 14.7. The molecule has 0 bridgehead atoms. The summed E-state index contributed by atoms with van der Waals surface area (Å²) in [6.07, 6.45) is 0. The van der Waals surface area contributed by atoms with Crippen LogP contribution in [0.1, 0.15) is 24.1 Å². The molecule has 5 heteroatoms. The second kappa shape index (κ2) is 5.69. The van der Waals surface area contributed by atoms with Gasteiger partial charge in [0, 0.05) is 6.07 Å². The first-order chi connectivity index (χ1) is 9.49. The third-order valence-electron chi connectivity index (χ3n) is 3.09. The molecule has 0 aliphatic carbocycles. The number of nitro groups is 1. The van der Waals surface area contributed by atoms with Gasteiger partial charge in [-0.25, -0.2) is 4.39 Å². The van der Waals surface area contributed by atoms with Gasteiger partial charge in [-0.2, -0.15) is 0 Å². The smallest absolute Gasteiger partial charge is 0.274 e. The Morgan fingerprint density at radius 1 is 1.25 bits per heavy atom. The predicted octanol–water partition coefficient (Wildman–Crippen LogP) is 4.22. The molecule has 104 valence electrons. The van der Waals surface area contributed by atoms with Crippen LogP contribution in [0.2, 0.25) is 0 Å². The first kappa shape index (κ1) is 14.0. The molecule has 0 spiro atoms. The van der Waals surface area contributed by atoms with E-state index >= 15 is 0 Å². The SMILES string of the molecule is Cc1ccc(F)c(NC(C)c2ccccc2[N+](=O)[O-])c1. The molecule has 2 rings (SSSR count). The Morgan fingerprint density at radius 2 is 1.95 bits per heavy atom. The Kier molecular flexibility index (Phi) is 3.98. The summed E-state index contributed by atoms with van der Waals surface area (Å²) in [6, 6.07) is 10.8. The topological polar surface area (TPSA) is 55.2 Å². The fourth-order valence-corrected chi connectivity index (χ4v) is 2.08. The Hall–Kier alpha value is -2.43. The highest BCUT2D eigenvalue weighted by Crippen LogP contribution is 2.28. The van der Waals surface area contributed by atoms with E-state index in [0.717, 1.165) is 5.56 Å². The molecule has 0 amide bonds. The molecule has 0 aliphatic rings. The lowest BCUT2D eigenvalue weighted by atomic mass is 10.1. The van der Waals surface area contributed by atoms with Crippen LogP contribution in [0, 0.1) is 22.9 Å². The van der Waals surface area contributed by atoms with Gasteiger partial charge in [0.05, 0.1) is 22.2 Å².